The molecule has 0 aliphatic rings. The fraction of sp³-hybridized carbons (Fsp3) is 0. The lowest BCUT2D eigenvalue weighted by Gasteiger charge is -2.04. The van der Waals surface area contributed by atoms with E-state index in [2.05, 4.69) is 10.3 Å². The summed E-state index contributed by atoms with van der Waals surface area (Å²) in [5, 5.41) is 8.81. The molecule has 1 aromatic heterocycles. The second-order valence-corrected chi connectivity index (χ2v) is 10.3. The number of nitrogens with one attached hydrogen (secondary N) is 1. The van der Waals surface area contributed by atoms with Crippen molar-refractivity contribution in [3.8, 4) is 21.7 Å². The maximum Gasteiger partial charge on any atom is 0.257 e. The van der Waals surface area contributed by atoms with Crippen LogP contribution >= 0.6 is 34.5 Å². The molecule has 11 heteroatoms. The minimum atomic E-state index is -3.85. The molecular formula is C22H14Cl2FN3O3S2. The smallest absolute Gasteiger partial charge is 0.257 e. The zero-order valence-electron chi connectivity index (χ0n) is 16.6. The number of primary sulfonamides is 1. The molecule has 0 aliphatic heterocycles. The van der Waals surface area contributed by atoms with E-state index in [1.807, 2.05) is 0 Å². The molecule has 0 unspecified atom stereocenters. The molecule has 0 saturated carbocycles. The molecule has 0 bridgehead atoms. The predicted octanol–water partition coefficient (Wildman–Crippen LogP) is 5.82. The quantitative estimate of drug-likeness (QED) is 0.345. The summed E-state index contributed by atoms with van der Waals surface area (Å²) in [6, 6.07) is 16.1. The number of nitrogens with two attached hydrogens (primary N) is 1. The van der Waals surface area contributed by atoms with E-state index < -0.39 is 21.7 Å². The largest absolute Gasteiger partial charge is 0.298 e. The first-order valence-corrected chi connectivity index (χ1v) is 12.4. The third-order valence-corrected chi connectivity index (χ3v) is 6.92. The number of benzene rings is 3. The van der Waals surface area contributed by atoms with Crippen LogP contribution in [0.4, 0.5) is 9.52 Å². The Morgan fingerprint density at radius 2 is 1.52 bits per heavy atom. The van der Waals surface area contributed by atoms with Crippen LogP contribution in [-0.2, 0) is 10.0 Å². The summed E-state index contributed by atoms with van der Waals surface area (Å²) in [7, 11) is -3.85. The van der Waals surface area contributed by atoms with Gasteiger partial charge in [0.15, 0.2) is 5.13 Å². The van der Waals surface area contributed by atoms with Gasteiger partial charge in [-0.15, -0.1) is 0 Å². The van der Waals surface area contributed by atoms with Gasteiger partial charge in [0, 0.05) is 21.2 Å². The van der Waals surface area contributed by atoms with Crippen molar-refractivity contribution in [2.24, 2.45) is 5.14 Å². The standard InChI is InChI=1S/C22H14Cl2FN3O3S2/c23-15-9-14(10-16(24)11-15)21(29)28-22-27-19(12-1-5-17(25)6-2-12)20(32-22)13-3-7-18(8-4-13)33(26,30)31/h1-11H,(H2,26,30,31)(H,27,28,29). The molecule has 3 aromatic carbocycles. The van der Waals surface area contributed by atoms with Crippen molar-refractivity contribution in [1.82, 2.24) is 4.98 Å². The summed E-state index contributed by atoms with van der Waals surface area (Å²) in [6.45, 7) is 0. The third-order valence-electron chi connectivity index (χ3n) is 4.54. The Balaban J connectivity index is 1.75. The van der Waals surface area contributed by atoms with E-state index in [1.54, 1.807) is 24.3 Å². The van der Waals surface area contributed by atoms with Gasteiger partial charge in [-0.2, -0.15) is 0 Å². The number of rotatable bonds is 5. The molecule has 0 radical (unpaired) electrons. The lowest BCUT2D eigenvalue weighted by atomic mass is 10.1. The number of halogens is 3. The average Bonchev–Trinajstić information content (AvgIpc) is 3.16. The minimum absolute atomic E-state index is 0.0366. The average molecular weight is 522 g/mol. The molecule has 4 aromatic rings. The first-order chi connectivity index (χ1) is 15.6. The van der Waals surface area contributed by atoms with E-state index in [-0.39, 0.29) is 15.6 Å². The van der Waals surface area contributed by atoms with Crippen molar-refractivity contribution in [3.05, 3.63) is 88.2 Å². The molecule has 6 nitrogen and oxygen atoms in total. The summed E-state index contributed by atoms with van der Waals surface area (Å²) in [5.74, 6) is -0.866. The molecule has 0 atom stereocenters. The first kappa shape index (κ1) is 23.3. The van der Waals surface area contributed by atoms with Crippen molar-refractivity contribution in [2.75, 3.05) is 5.32 Å². The highest BCUT2D eigenvalue weighted by Crippen LogP contribution is 2.39. The van der Waals surface area contributed by atoms with E-state index in [1.165, 1.54) is 53.8 Å². The number of nitrogens with zero attached hydrogens (tertiary/aromatic N) is 1. The SMILES string of the molecule is NS(=O)(=O)c1ccc(-c2sc(NC(=O)c3cc(Cl)cc(Cl)c3)nc2-c2ccc(F)cc2)cc1. The van der Waals surface area contributed by atoms with Crippen LogP contribution in [0.15, 0.2) is 71.6 Å². The number of amides is 1. The van der Waals surface area contributed by atoms with E-state index in [0.717, 1.165) is 0 Å². The number of hydrogen-bond donors (Lipinski definition) is 2. The number of hydrogen-bond acceptors (Lipinski definition) is 5. The number of anilines is 1. The van der Waals surface area contributed by atoms with Crippen molar-refractivity contribution in [1.29, 1.82) is 0 Å². The molecule has 33 heavy (non-hydrogen) atoms. The highest BCUT2D eigenvalue weighted by atomic mass is 35.5. The Morgan fingerprint density at radius 3 is 2.09 bits per heavy atom. The Kier molecular flexibility index (Phi) is 6.51. The Bertz CT molecular complexity index is 1440. The van der Waals surface area contributed by atoms with Gasteiger partial charge in [-0.1, -0.05) is 46.7 Å². The Hall–Kier alpha value is -2.82. The van der Waals surface area contributed by atoms with Crippen LogP contribution in [0, 0.1) is 5.82 Å². The monoisotopic (exact) mass is 521 g/mol. The van der Waals surface area contributed by atoms with E-state index in [4.69, 9.17) is 28.3 Å². The van der Waals surface area contributed by atoms with Crippen LogP contribution < -0.4 is 10.5 Å². The molecule has 3 N–H and O–H groups in total. The van der Waals surface area contributed by atoms with Gasteiger partial charge in [0.2, 0.25) is 10.0 Å². The van der Waals surface area contributed by atoms with Crippen LogP contribution in [0.25, 0.3) is 21.7 Å². The molecule has 0 spiro atoms. The fourth-order valence-electron chi connectivity index (χ4n) is 3.02. The first-order valence-electron chi connectivity index (χ1n) is 9.27. The van der Waals surface area contributed by atoms with Gasteiger partial charge in [0.05, 0.1) is 15.5 Å². The van der Waals surface area contributed by atoms with Crippen LogP contribution in [0.1, 0.15) is 10.4 Å². The Morgan fingerprint density at radius 1 is 0.939 bits per heavy atom. The van der Waals surface area contributed by atoms with Crippen LogP contribution in [-0.4, -0.2) is 19.3 Å². The van der Waals surface area contributed by atoms with Crippen LogP contribution in [0.5, 0.6) is 0 Å². The number of thiazole rings is 1. The van der Waals surface area contributed by atoms with Crippen molar-refractivity contribution in [2.45, 2.75) is 4.90 Å². The Labute approximate surface area is 202 Å². The minimum Gasteiger partial charge on any atom is -0.298 e. The number of carbonyl (C=O) groups is 1. The molecule has 0 aliphatic carbocycles. The lowest BCUT2D eigenvalue weighted by molar-refractivity contribution is 0.102. The highest BCUT2D eigenvalue weighted by Gasteiger charge is 2.18. The van der Waals surface area contributed by atoms with Crippen LogP contribution in [0.2, 0.25) is 10.0 Å². The van der Waals surface area contributed by atoms with Crippen LogP contribution in [0.3, 0.4) is 0 Å². The van der Waals surface area contributed by atoms with Gasteiger partial charge < -0.3 is 0 Å². The third kappa shape index (κ3) is 5.40. The fourth-order valence-corrected chi connectivity index (χ4v) is 5.05. The molecule has 4 rings (SSSR count). The van der Waals surface area contributed by atoms with Gasteiger partial charge in [-0.3, -0.25) is 10.1 Å². The molecule has 1 amide bonds. The maximum atomic E-state index is 13.4. The predicted molar refractivity (Wildman–Crippen MR) is 129 cm³/mol. The molecular weight excluding hydrogens is 508 g/mol. The zero-order valence-corrected chi connectivity index (χ0v) is 19.7. The summed E-state index contributed by atoms with van der Waals surface area (Å²) >= 11 is 13.1. The maximum absolute atomic E-state index is 13.4. The molecule has 0 saturated heterocycles. The van der Waals surface area contributed by atoms with E-state index in [0.29, 0.717) is 31.7 Å². The summed E-state index contributed by atoms with van der Waals surface area (Å²) in [6.07, 6.45) is 0. The lowest BCUT2D eigenvalue weighted by Crippen LogP contribution is -2.11. The molecule has 168 valence electrons. The van der Waals surface area contributed by atoms with Gasteiger partial charge in [0.1, 0.15) is 5.82 Å². The summed E-state index contributed by atoms with van der Waals surface area (Å²) < 4.78 is 36.6. The van der Waals surface area contributed by atoms with Gasteiger partial charge in [-0.05, 0) is 60.2 Å². The number of aromatic nitrogens is 1. The molecule has 1 heterocycles. The normalized spacial score (nSPS) is 11.4. The van der Waals surface area contributed by atoms with Crippen molar-refractivity contribution in [3.63, 3.8) is 0 Å². The van der Waals surface area contributed by atoms with E-state index >= 15 is 0 Å². The van der Waals surface area contributed by atoms with Gasteiger partial charge in [-0.25, -0.2) is 22.9 Å². The zero-order chi connectivity index (χ0) is 23.8. The topological polar surface area (TPSA) is 102 Å². The van der Waals surface area contributed by atoms with Crippen molar-refractivity contribution < 1.29 is 17.6 Å². The van der Waals surface area contributed by atoms with Gasteiger partial charge >= 0.3 is 0 Å². The second kappa shape index (κ2) is 9.20. The molecule has 0 fully saturated rings. The number of carbonyl (C=O) groups excluding carboxylic acids is 1. The van der Waals surface area contributed by atoms with E-state index in [9.17, 15) is 17.6 Å². The highest BCUT2D eigenvalue weighted by molar-refractivity contribution is 7.89. The summed E-state index contributed by atoms with van der Waals surface area (Å²) in [4.78, 5) is 17.8. The number of sulfonamides is 1. The van der Waals surface area contributed by atoms with Gasteiger partial charge in [0.25, 0.3) is 5.91 Å². The summed E-state index contributed by atoms with van der Waals surface area (Å²) in [5.41, 5.74) is 2.00. The van der Waals surface area contributed by atoms with Crippen molar-refractivity contribution >= 4 is 55.6 Å². The second-order valence-electron chi connectivity index (χ2n) is 6.89.